The summed E-state index contributed by atoms with van der Waals surface area (Å²) in [6.45, 7) is 0. The van der Waals surface area contributed by atoms with Crippen molar-refractivity contribution < 1.29 is 10.0 Å². The highest BCUT2D eigenvalue weighted by molar-refractivity contribution is 6.58. The molecule has 2 aliphatic rings. The molecule has 108 valence electrons. The Kier molecular flexibility index (Phi) is 3.14. The summed E-state index contributed by atoms with van der Waals surface area (Å²) in [6, 6.07) is 16.2. The average Bonchev–Trinajstić information content (AvgIpc) is 2.89. The molecule has 2 aromatic carbocycles. The molecule has 3 nitrogen and oxygen atoms in total. The molecule has 0 amide bonds. The van der Waals surface area contributed by atoms with Gasteiger partial charge < -0.3 is 14.9 Å². The zero-order valence-electron chi connectivity index (χ0n) is 12.0. The van der Waals surface area contributed by atoms with Gasteiger partial charge in [-0.3, -0.25) is 0 Å². The summed E-state index contributed by atoms with van der Waals surface area (Å²) < 4.78 is 0. The number of para-hydroxylation sites is 1. The maximum Gasteiger partial charge on any atom is 0.488 e. The fourth-order valence-electron chi connectivity index (χ4n) is 3.41. The highest BCUT2D eigenvalue weighted by Gasteiger charge is 2.37. The van der Waals surface area contributed by atoms with E-state index in [4.69, 9.17) is 0 Å². The van der Waals surface area contributed by atoms with Crippen LogP contribution in [0, 0.1) is 0 Å². The molecule has 0 radical (unpaired) electrons. The predicted molar refractivity (Wildman–Crippen MR) is 89.7 cm³/mol. The molecular formula is C18H16BNO2. The first-order valence-electron chi connectivity index (χ1n) is 7.45. The van der Waals surface area contributed by atoms with Crippen LogP contribution in [0.15, 0.2) is 72.8 Å². The molecule has 2 unspecified atom stereocenters. The molecule has 0 fully saturated rings. The van der Waals surface area contributed by atoms with Gasteiger partial charge in [0.25, 0.3) is 0 Å². The van der Waals surface area contributed by atoms with Gasteiger partial charge in [0.15, 0.2) is 0 Å². The van der Waals surface area contributed by atoms with Gasteiger partial charge in [-0.2, -0.15) is 0 Å². The molecule has 0 spiro atoms. The summed E-state index contributed by atoms with van der Waals surface area (Å²) in [4.78, 5) is 2.31. The topological polar surface area (TPSA) is 43.7 Å². The van der Waals surface area contributed by atoms with Crippen LogP contribution < -0.4 is 10.4 Å². The third-order valence-electron chi connectivity index (χ3n) is 4.41. The Morgan fingerprint density at radius 2 is 1.68 bits per heavy atom. The molecule has 22 heavy (non-hydrogen) atoms. The van der Waals surface area contributed by atoms with Crippen LogP contribution in [0.5, 0.6) is 0 Å². The van der Waals surface area contributed by atoms with Crippen molar-refractivity contribution >= 4 is 24.0 Å². The lowest BCUT2D eigenvalue weighted by Crippen LogP contribution is -2.30. The Hall–Kier alpha value is -2.30. The maximum atomic E-state index is 9.44. The van der Waals surface area contributed by atoms with E-state index in [1.54, 1.807) is 6.07 Å². The number of rotatable bonds is 2. The summed E-state index contributed by atoms with van der Waals surface area (Å²) >= 11 is 0. The van der Waals surface area contributed by atoms with Crippen LogP contribution in [0.3, 0.4) is 0 Å². The van der Waals surface area contributed by atoms with Crippen molar-refractivity contribution in [2.45, 2.75) is 12.0 Å². The molecule has 2 N–H and O–H groups in total. The summed E-state index contributed by atoms with van der Waals surface area (Å²) in [5, 5.41) is 18.9. The van der Waals surface area contributed by atoms with E-state index >= 15 is 0 Å². The van der Waals surface area contributed by atoms with Crippen LogP contribution >= 0.6 is 0 Å². The highest BCUT2D eigenvalue weighted by Crippen LogP contribution is 2.46. The number of nitrogens with zero attached hydrogens (tertiary/aromatic N) is 1. The molecule has 2 atom stereocenters. The Bertz CT molecular complexity index is 755. The van der Waals surface area contributed by atoms with Gasteiger partial charge in [-0.25, -0.2) is 0 Å². The van der Waals surface area contributed by atoms with Crippen LogP contribution in [0.1, 0.15) is 11.5 Å². The number of fused-ring (bicyclic) bond motifs is 3. The lowest BCUT2D eigenvalue weighted by molar-refractivity contribution is 0.425. The fourth-order valence-corrected chi connectivity index (χ4v) is 3.41. The van der Waals surface area contributed by atoms with E-state index in [2.05, 4.69) is 41.3 Å². The Morgan fingerprint density at radius 3 is 2.45 bits per heavy atom. The second kappa shape index (κ2) is 5.16. The fraction of sp³-hybridized carbons (Fsp3) is 0.111. The smallest absolute Gasteiger partial charge is 0.423 e. The lowest BCUT2D eigenvalue weighted by atomic mass is 9.78. The van der Waals surface area contributed by atoms with Gasteiger partial charge in [-0.1, -0.05) is 54.6 Å². The molecular weight excluding hydrogens is 273 g/mol. The van der Waals surface area contributed by atoms with Crippen LogP contribution in [-0.4, -0.2) is 23.2 Å². The molecule has 1 heterocycles. The molecule has 0 saturated carbocycles. The Labute approximate surface area is 130 Å². The quantitative estimate of drug-likeness (QED) is 0.832. The minimum absolute atomic E-state index is 0.230. The largest absolute Gasteiger partial charge is 0.488 e. The van der Waals surface area contributed by atoms with Crippen molar-refractivity contribution in [3.63, 3.8) is 0 Å². The minimum Gasteiger partial charge on any atom is -0.423 e. The van der Waals surface area contributed by atoms with Gasteiger partial charge in [0, 0.05) is 17.3 Å². The van der Waals surface area contributed by atoms with Gasteiger partial charge in [-0.15, -0.1) is 0 Å². The summed E-state index contributed by atoms with van der Waals surface area (Å²) in [6.07, 6.45) is 8.51. The van der Waals surface area contributed by atoms with E-state index in [9.17, 15) is 10.0 Å². The van der Waals surface area contributed by atoms with Gasteiger partial charge >= 0.3 is 7.12 Å². The molecule has 0 saturated heterocycles. The molecule has 2 aromatic rings. The number of benzene rings is 2. The first-order valence-corrected chi connectivity index (χ1v) is 7.45. The van der Waals surface area contributed by atoms with Gasteiger partial charge in [0.05, 0.1) is 6.04 Å². The second-order valence-corrected chi connectivity index (χ2v) is 5.68. The first-order chi connectivity index (χ1) is 10.8. The van der Waals surface area contributed by atoms with Gasteiger partial charge in [-0.05, 0) is 29.2 Å². The SMILES string of the molecule is OB(O)c1ccc2c(c1)C1C=CC=CC1N2c1ccccc1. The summed E-state index contributed by atoms with van der Waals surface area (Å²) in [7, 11) is -1.43. The van der Waals surface area contributed by atoms with Gasteiger partial charge in [0.2, 0.25) is 0 Å². The summed E-state index contributed by atoms with van der Waals surface area (Å²) in [5.74, 6) is 0.235. The van der Waals surface area contributed by atoms with E-state index in [1.165, 1.54) is 0 Å². The van der Waals surface area contributed by atoms with E-state index in [0.717, 1.165) is 16.9 Å². The standard InChI is InChI=1S/C18H16BNO2/c21-19(22)13-10-11-18-16(12-13)15-8-4-5-9-17(15)20(18)14-6-2-1-3-7-14/h1-12,15,17,21-22H. The number of hydrogen-bond donors (Lipinski definition) is 2. The molecule has 1 aliphatic carbocycles. The van der Waals surface area contributed by atoms with Crippen LogP contribution in [0.4, 0.5) is 11.4 Å². The second-order valence-electron chi connectivity index (χ2n) is 5.68. The Balaban J connectivity index is 1.88. The molecule has 0 bridgehead atoms. The van der Waals surface area contributed by atoms with Crippen molar-refractivity contribution in [1.82, 2.24) is 0 Å². The summed E-state index contributed by atoms with van der Waals surface area (Å²) in [5.41, 5.74) is 3.95. The van der Waals surface area contributed by atoms with Crippen molar-refractivity contribution in [2.75, 3.05) is 4.90 Å². The predicted octanol–water partition coefficient (Wildman–Crippen LogP) is 2.10. The molecule has 4 rings (SSSR count). The molecule has 0 aromatic heterocycles. The van der Waals surface area contributed by atoms with Crippen molar-refractivity contribution in [3.8, 4) is 0 Å². The van der Waals surface area contributed by atoms with E-state index < -0.39 is 7.12 Å². The maximum absolute atomic E-state index is 9.44. The van der Waals surface area contributed by atoms with Crippen molar-refractivity contribution in [3.05, 3.63) is 78.4 Å². The third-order valence-corrected chi connectivity index (χ3v) is 4.41. The van der Waals surface area contributed by atoms with Crippen molar-refractivity contribution in [1.29, 1.82) is 0 Å². The monoisotopic (exact) mass is 289 g/mol. The van der Waals surface area contributed by atoms with E-state index in [-0.39, 0.29) is 12.0 Å². The number of anilines is 2. The van der Waals surface area contributed by atoms with Crippen LogP contribution in [-0.2, 0) is 0 Å². The minimum atomic E-state index is -1.43. The average molecular weight is 289 g/mol. The van der Waals surface area contributed by atoms with E-state index in [1.807, 2.05) is 30.3 Å². The lowest BCUT2D eigenvalue weighted by Gasteiger charge is -2.28. The zero-order valence-corrected chi connectivity index (χ0v) is 12.0. The van der Waals surface area contributed by atoms with Crippen molar-refractivity contribution in [2.24, 2.45) is 0 Å². The zero-order chi connectivity index (χ0) is 15.1. The van der Waals surface area contributed by atoms with E-state index in [0.29, 0.717) is 5.46 Å². The van der Waals surface area contributed by atoms with Crippen LogP contribution in [0.2, 0.25) is 0 Å². The first kappa shape index (κ1) is 13.4. The highest BCUT2D eigenvalue weighted by atomic mass is 16.4. The number of hydrogen-bond acceptors (Lipinski definition) is 3. The van der Waals surface area contributed by atoms with Crippen LogP contribution in [0.25, 0.3) is 0 Å². The third kappa shape index (κ3) is 2.00. The molecule has 1 aliphatic heterocycles. The normalized spacial score (nSPS) is 21.6. The Morgan fingerprint density at radius 1 is 0.909 bits per heavy atom. The molecule has 4 heteroatoms. The van der Waals surface area contributed by atoms with Gasteiger partial charge in [0.1, 0.15) is 0 Å². The number of allylic oxidation sites excluding steroid dienone is 2.